The molecule has 0 bridgehead atoms. The molecule has 2 aromatic rings. The molecule has 1 aromatic heterocycles. The van der Waals surface area contributed by atoms with Crippen LogP contribution in [0.2, 0.25) is 0 Å². The van der Waals surface area contributed by atoms with Crippen LogP contribution in [0.3, 0.4) is 0 Å². The van der Waals surface area contributed by atoms with Gasteiger partial charge in [-0.2, -0.15) is 0 Å². The van der Waals surface area contributed by atoms with E-state index in [0.717, 1.165) is 11.8 Å². The fraction of sp³-hybridized carbons (Fsp3) is 0.267. The van der Waals surface area contributed by atoms with Crippen molar-refractivity contribution in [1.82, 2.24) is 10.3 Å². The van der Waals surface area contributed by atoms with Crippen molar-refractivity contribution in [3.05, 3.63) is 58.9 Å². The van der Waals surface area contributed by atoms with Gasteiger partial charge in [0, 0.05) is 23.5 Å². The molecule has 5 heteroatoms. The number of carbonyl (C=O) groups excluding carboxylic acids is 1. The standard InChI is InChI=1S/C15H16F2N2O/c1-3-14-12(6-7-18-14)15(20)19-9(2)11-5-4-10(16)8-13(11)17/h4-9,18H,3H2,1-2H3,(H,19,20)/t9-/m1/s1. The predicted octanol–water partition coefficient (Wildman–Crippen LogP) is 3.35. The number of H-pyrrole nitrogens is 1. The summed E-state index contributed by atoms with van der Waals surface area (Å²) in [6.45, 7) is 3.60. The molecule has 2 rings (SSSR count). The SMILES string of the molecule is CCc1[nH]ccc1C(=O)N[C@H](C)c1ccc(F)cc1F. The maximum absolute atomic E-state index is 13.6. The summed E-state index contributed by atoms with van der Waals surface area (Å²) in [6, 6.07) is 4.47. The van der Waals surface area contributed by atoms with Gasteiger partial charge in [-0.25, -0.2) is 8.78 Å². The van der Waals surface area contributed by atoms with E-state index in [-0.39, 0.29) is 11.5 Å². The van der Waals surface area contributed by atoms with Gasteiger partial charge < -0.3 is 10.3 Å². The van der Waals surface area contributed by atoms with E-state index in [0.29, 0.717) is 12.0 Å². The summed E-state index contributed by atoms with van der Waals surface area (Å²) in [5.74, 6) is -1.58. The van der Waals surface area contributed by atoms with Gasteiger partial charge in [0.25, 0.3) is 5.91 Å². The minimum Gasteiger partial charge on any atom is -0.364 e. The van der Waals surface area contributed by atoms with Crippen LogP contribution in [0.25, 0.3) is 0 Å². The second kappa shape index (κ2) is 5.86. The lowest BCUT2D eigenvalue weighted by Gasteiger charge is -2.15. The Bertz CT molecular complexity index is 622. The Balaban J connectivity index is 2.15. The molecule has 0 saturated heterocycles. The van der Waals surface area contributed by atoms with E-state index in [9.17, 15) is 13.6 Å². The lowest BCUT2D eigenvalue weighted by Crippen LogP contribution is -2.27. The van der Waals surface area contributed by atoms with E-state index in [1.165, 1.54) is 12.1 Å². The number of rotatable bonds is 4. The number of hydrogen-bond acceptors (Lipinski definition) is 1. The molecule has 20 heavy (non-hydrogen) atoms. The fourth-order valence-electron chi connectivity index (χ4n) is 2.11. The molecular formula is C15H16F2N2O. The first kappa shape index (κ1) is 14.2. The topological polar surface area (TPSA) is 44.9 Å². The quantitative estimate of drug-likeness (QED) is 0.885. The van der Waals surface area contributed by atoms with E-state index < -0.39 is 17.7 Å². The van der Waals surface area contributed by atoms with Gasteiger partial charge in [-0.1, -0.05) is 13.0 Å². The molecule has 0 aliphatic carbocycles. The molecule has 0 unspecified atom stereocenters. The molecule has 0 aliphatic rings. The molecule has 0 fully saturated rings. The van der Waals surface area contributed by atoms with Crippen molar-refractivity contribution in [2.24, 2.45) is 0 Å². The minimum atomic E-state index is -0.664. The van der Waals surface area contributed by atoms with Crippen LogP contribution in [-0.4, -0.2) is 10.9 Å². The van der Waals surface area contributed by atoms with E-state index in [2.05, 4.69) is 10.3 Å². The van der Waals surface area contributed by atoms with Crippen LogP contribution in [0.5, 0.6) is 0 Å². The summed E-state index contributed by atoms with van der Waals surface area (Å²) < 4.78 is 26.5. The van der Waals surface area contributed by atoms with Crippen LogP contribution in [0, 0.1) is 11.6 Å². The number of hydrogen-bond donors (Lipinski definition) is 2. The highest BCUT2D eigenvalue weighted by Crippen LogP contribution is 2.18. The second-order valence-corrected chi connectivity index (χ2v) is 4.58. The molecule has 1 amide bonds. The number of halogens is 2. The second-order valence-electron chi connectivity index (χ2n) is 4.58. The monoisotopic (exact) mass is 278 g/mol. The van der Waals surface area contributed by atoms with Gasteiger partial charge in [0.05, 0.1) is 11.6 Å². The summed E-state index contributed by atoms with van der Waals surface area (Å²) in [5.41, 5.74) is 1.63. The third-order valence-electron chi connectivity index (χ3n) is 3.21. The smallest absolute Gasteiger partial charge is 0.253 e. The van der Waals surface area contributed by atoms with Crippen molar-refractivity contribution >= 4 is 5.91 Å². The first-order valence-corrected chi connectivity index (χ1v) is 6.45. The molecule has 2 N–H and O–H groups in total. The minimum absolute atomic E-state index is 0.258. The number of aryl methyl sites for hydroxylation is 1. The Morgan fingerprint density at radius 1 is 1.35 bits per heavy atom. The first-order chi connectivity index (χ1) is 9.52. The van der Waals surface area contributed by atoms with Crippen LogP contribution in [0.1, 0.15) is 41.5 Å². The summed E-state index contributed by atoms with van der Waals surface area (Å²) in [6.07, 6.45) is 2.39. The van der Waals surface area contributed by atoms with Crippen molar-refractivity contribution in [2.45, 2.75) is 26.3 Å². The highest BCUT2D eigenvalue weighted by atomic mass is 19.1. The average molecular weight is 278 g/mol. The summed E-state index contributed by atoms with van der Waals surface area (Å²) >= 11 is 0. The maximum atomic E-state index is 13.6. The van der Waals surface area contributed by atoms with Gasteiger partial charge in [0.15, 0.2) is 0 Å². The van der Waals surface area contributed by atoms with Gasteiger partial charge in [0.2, 0.25) is 0 Å². The Morgan fingerprint density at radius 2 is 2.10 bits per heavy atom. The molecule has 0 radical (unpaired) electrons. The summed E-state index contributed by atoms with van der Waals surface area (Å²) in [4.78, 5) is 15.1. The van der Waals surface area contributed by atoms with Crippen molar-refractivity contribution in [1.29, 1.82) is 0 Å². The number of carbonyl (C=O) groups is 1. The highest BCUT2D eigenvalue weighted by molar-refractivity contribution is 5.95. The van der Waals surface area contributed by atoms with Gasteiger partial charge in [0.1, 0.15) is 11.6 Å². The zero-order valence-corrected chi connectivity index (χ0v) is 11.3. The summed E-state index contributed by atoms with van der Waals surface area (Å²) in [5, 5.41) is 2.71. The van der Waals surface area contributed by atoms with Crippen LogP contribution in [0.15, 0.2) is 30.5 Å². The number of nitrogens with one attached hydrogen (secondary N) is 2. The molecule has 106 valence electrons. The van der Waals surface area contributed by atoms with Crippen LogP contribution in [0.4, 0.5) is 8.78 Å². The zero-order valence-electron chi connectivity index (χ0n) is 11.3. The van der Waals surface area contributed by atoms with Gasteiger partial charge >= 0.3 is 0 Å². The lowest BCUT2D eigenvalue weighted by atomic mass is 10.1. The van der Waals surface area contributed by atoms with Crippen LogP contribution < -0.4 is 5.32 Å². The molecule has 0 spiro atoms. The van der Waals surface area contributed by atoms with Crippen molar-refractivity contribution in [3.8, 4) is 0 Å². The molecule has 1 aromatic carbocycles. The molecule has 0 aliphatic heterocycles. The van der Waals surface area contributed by atoms with Gasteiger partial charge in [-0.3, -0.25) is 4.79 Å². The largest absolute Gasteiger partial charge is 0.364 e. The van der Waals surface area contributed by atoms with E-state index in [4.69, 9.17) is 0 Å². The maximum Gasteiger partial charge on any atom is 0.253 e. The fourth-order valence-corrected chi connectivity index (χ4v) is 2.11. The third kappa shape index (κ3) is 2.87. The molecular weight excluding hydrogens is 262 g/mol. The molecule has 3 nitrogen and oxygen atoms in total. The van der Waals surface area contributed by atoms with Crippen molar-refractivity contribution < 1.29 is 13.6 Å². The van der Waals surface area contributed by atoms with Crippen molar-refractivity contribution in [2.75, 3.05) is 0 Å². The Hall–Kier alpha value is -2.17. The molecule has 1 heterocycles. The zero-order chi connectivity index (χ0) is 14.7. The third-order valence-corrected chi connectivity index (χ3v) is 3.21. The number of aromatic nitrogens is 1. The lowest BCUT2D eigenvalue weighted by molar-refractivity contribution is 0.0938. The Kier molecular flexibility index (Phi) is 4.17. The van der Waals surface area contributed by atoms with E-state index in [1.54, 1.807) is 19.2 Å². The van der Waals surface area contributed by atoms with Crippen LogP contribution in [-0.2, 0) is 6.42 Å². The van der Waals surface area contributed by atoms with Gasteiger partial charge in [-0.05, 0) is 25.5 Å². The molecule has 1 atom stereocenters. The number of amides is 1. The number of benzene rings is 1. The average Bonchev–Trinajstić information content (AvgIpc) is 2.86. The Labute approximate surface area is 116 Å². The normalized spacial score (nSPS) is 12.2. The first-order valence-electron chi connectivity index (χ1n) is 6.45. The van der Waals surface area contributed by atoms with E-state index in [1.807, 2.05) is 6.92 Å². The molecule has 0 saturated carbocycles. The van der Waals surface area contributed by atoms with Crippen molar-refractivity contribution in [3.63, 3.8) is 0 Å². The Morgan fingerprint density at radius 3 is 2.75 bits per heavy atom. The predicted molar refractivity (Wildman–Crippen MR) is 72.4 cm³/mol. The highest BCUT2D eigenvalue weighted by Gasteiger charge is 2.17. The van der Waals surface area contributed by atoms with Crippen LogP contribution >= 0.6 is 0 Å². The van der Waals surface area contributed by atoms with E-state index >= 15 is 0 Å². The summed E-state index contributed by atoms with van der Waals surface area (Å²) in [7, 11) is 0. The van der Waals surface area contributed by atoms with Gasteiger partial charge in [-0.15, -0.1) is 0 Å². The number of aromatic amines is 1.